The molecular weight excluding hydrogens is 330 g/mol. The number of hydrogen-bond donors (Lipinski definition) is 1. The monoisotopic (exact) mass is 349 g/mol. The lowest BCUT2D eigenvalue weighted by atomic mass is 9.86. The third-order valence-corrected chi connectivity index (χ3v) is 4.71. The molecule has 3 rings (SSSR count). The van der Waals surface area contributed by atoms with Crippen LogP contribution in [-0.2, 0) is 9.53 Å². The van der Waals surface area contributed by atoms with Crippen LogP contribution in [0.15, 0.2) is 28.7 Å². The minimum atomic E-state index is -0.658. The van der Waals surface area contributed by atoms with Gasteiger partial charge in [0.2, 0.25) is 5.76 Å². The van der Waals surface area contributed by atoms with E-state index in [1.54, 1.807) is 24.3 Å². The maximum Gasteiger partial charge on any atom is 0.374 e. The molecule has 6 heteroatoms. The second-order valence-corrected chi connectivity index (χ2v) is 6.74. The van der Waals surface area contributed by atoms with Crippen LogP contribution in [0.2, 0.25) is 5.02 Å². The minimum Gasteiger partial charge on any atom is -0.450 e. The summed E-state index contributed by atoms with van der Waals surface area (Å²) in [5.74, 6) is -0.417. The number of carbonyl (C=O) groups excluding carboxylic acids is 2. The first-order valence-corrected chi connectivity index (χ1v) is 8.56. The van der Waals surface area contributed by atoms with Gasteiger partial charge < -0.3 is 14.5 Å². The molecule has 0 bridgehead atoms. The highest BCUT2D eigenvalue weighted by Gasteiger charge is 2.23. The number of halogens is 1. The Hall–Kier alpha value is -2.01. The van der Waals surface area contributed by atoms with E-state index in [-0.39, 0.29) is 24.3 Å². The molecule has 5 nitrogen and oxygen atoms in total. The van der Waals surface area contributed by atoms with Crippen molar-refractivity contribution in [2.45, 2.75) is 38.6 Å². The van der Waals surface area contributed by atoms with Gasteiger partial charge >= 0.3 is 5.97 Å². The number of nitrogens with one attached hydrogen (secondary N) is 1. The molecule has 0 spiro atoms. The summed E-state index contributed by atoms with van der Waals surface area (Å²) in [5.41, 5.74) is 0.548. The van der Waals surface area contributed by atoms with Crippen molar-refractivity contribution in [1.29, 1.82) is 0 Å². The predicted molar refractivity (Wildman–Crippen MR) is 91.1 cm³/mol. The summed E-state index contributed by atoms with van der Waals surface area (Å²) in [4.78, 5) is 24.0. The van der Waals surface area contributed by atoms with E-state index in [9.17, 15) is 9.59 Å². The van der Waals surface area contributed by atoms with E-state index in [1.165, 1.54) is 6.42 Å². The number of amides is 1. The highest BCUT2D eigenvalue weighted by molar-refractivity contribution is 6.31. The van der Waals surface area contributed by atoms with Gasteiger partial charge in [-0.3, -0.25) is 4.79 Å². The molecule has 0 saturated heterocycles. The van der Waals surface area contributed by atoms with Gasteiger partial charge in [0, 0.05) is 16.5 Å². The average Bonchev–Trinajstić information content (AvgIpc) is 2.98. The summed E-state index contributed by atoms with van der Waals surface area (Å²) in [5, 5.41) is 4.22. The first-order chi connectivity index (χ1) is 11.5. The van der Waals surface area contributed by atoms with Crippen molar-refractivity contribution in [2.24, 2.45) is 5.92 Å². The van der Waals surface area contributed by atoms with Crippen LogP contribution in [0.1, 0.15) is 43.2 Å². The van der Waals surface area contributed by atoms with E-state index in [2.05, 4.69) is 12.2 Å². The number of carbonyl (C=O) groups is 2. The topological polar surface area (TPSA) is 68.5 Å². The zero-order chi connectivity index (χ0) is 17.1. The Balaban J connectivity index is 1.55. The van der Waals surface area contributed by atoms with Crippen molar-refractivity contribution in [3.05, 3.63) is 35.0 Å². The van der Waals surface area contributed by atoms with Gasteiger partial charge in [0.25, 0.3) is 5.91 Å². The average molecular weight is 350 g/mol. The van der Waals surface area contributed by atoms with E-state index in [4.69, 9.17) is 20.8 Å². The molecule has 1 heterocycles. The van der Waals surface area contributed by atoms with Crippen molar-refractivity contribution in [1.82, 2.24) is 5.32 Å². The molecule has 128 valence electrons. The number of fused-ring (bicyclic) bond motifs is 1. The Bertz CT molecular complexity index is 755. The summed E-state index contributed by atoms with van der Waals surface area (Å²) < 4.78 is 10.5. The van der Waals surface area contributed by atoms with Gasteiger partial charge in [-0.05, 0) is 43.0 Å². The zero-order valence-electron chi connectivity index (χ0n) is 13.5. The molecule has 1 N–H and O–H groups in total. The quantitative estimate of drug-likeness (QED) is 0.849. The lowest BCUT2D eigenvalue weighted by molar-refractivity contribution is -0.125. The number of ether oxygens (including phenoxy) is 1. The molecule has 1 fully saturated rings. The fourth-order valence-corrected chi connectivity index (χ4v) is 3.28. The molecule has 0 radical (unpaired) electrons. The van der Waals surface area contributed by atoms with E-state index < -0.39 is 5.97 Å². The van der Waals surface area contributed by atoms with Gasteiger partial charge in [0.05, 0.1) is 0 Å². The summed E-state index contributed by atoms with van der Waals surface area (Å²) >= 11 is 5.90. The summed E-state index contributed by atoms with van der Waals surface area (Å²) in [7, 11) is 0. The standard InChI is InChI=1S/C18H20ClNO4/c1-11-4-2-3-5-14(11)20-17(21)10-23-18(22)16-9-12-8-13(19)6-7-15(12)24-16/h6-9,11,14H,2-5,10H2,1H3,(H,20,21). The highest BCUT2D eigenvalue weighted by Crippen LogP contribution is 2.24. The Kier molecular flexibility index (Phi) is 5.09. The van der Waals surface area contributed by atoms with Crippen LogP contribution in [0, 0.1) is 5.92 Å². The van der Waals surface area contributed by atoms with Gasteiger partial charge in [-0.2, -0.15) is 0 Å². The molecule has 1 aromatic carbocycles. The molecule has 1 saturated carbocycles. The SMILES string of the molecule is CC1CCCCC1NC(=O)COC(=O)c1cc2cc(Cl)ccc2o1. The van der Waals surface area contributed by atoms with Crippen LogP contribution in [0.5, 0.6) is 0 Å². The number of hydrogen-bond acceptors (Lipinski definition) is 4. The van der Waals surface area contributed by atoms with Crippen LogP contribution >= 0.6 is 11.6 Å². The maximum atomic E-state index is 12.0. The van der Waals surface area contributed by atoms with Gasteiger partial charge in [-0.1, -0.05) is 31.4 Å². The molecule has 0 aliphatic heterocycles. The second-order valence-electron chi connectivity index (χ2n) is 6.30. The fourth-order valence-electron chi connectivity index (χ4n) is 3.10. The first-order valence-electron chi connectivity index (χ1n) is 8.18. The highest BCUT2D eigenvalue weighted by atomic mass is 35.5. The van der Waals surface area contributed by atoms with Crippen LogP contribution in [0.25, 0.3) is 11.0 Å². The Morgan fingerprint density at radius 2 is 2.08 bits per heavy atom. The van der Waals surface area contributed by atoms with E-state index >= 15 is 0 Å². The largest absolute Gasteiger partial charge is 0.450 e. The minimum absolute atomic E-state index is 0.0612. The Morgan fingerprint density at radius 3 is 2.88 bits per heavy atom. The van der Waals surface area contributed by atoms with Crippen molar-refractivity contribution < 1.29 is 18.7 Å². The first kappa shape index (κ1) is 16.8. The van der Waals surface area contributed by atoms with Gasteiger partial charge in [0.15, 0.2) is 6.61 Å². The van der Waals surface area contributed by atoms with E-state index in [1.807, 2.05) is 0 Å². The molecule has 1 aliphatic rings. The van der Waals surface area contributed by atoms with Crippen molar-refractivity contribution in [2.75, 3.05) is 6.61 Å². The van der Waals surface area contributed by atoms with E-state index in [0.29, 0.717) is 16.5 Å². The van der Waals surface area contributed by atoms with Gasteiger partial charge in [0.1, 0.15) is 5.58 Å². The van der Waals surface area contributed by atoms with E-state index in [0.717, 1.165) is 24.6 Å². The fraction of sp³-hybridized carbons (Fsp3) is 0.444. The van der Waals surface area contributed by atoms with Crippen LogP contribution in [-0.4, -0.2) is 24.5 Å². The number of furan rings is 1. The smallest absolute Gasteiger partial charge is 0.374 e. The lowest BCUT2D eigenvalue weighted by Gasteiger charge is -2.29. The van der Waals surface area contributed by atoms with Crippen molar-refractivity contribution in [3.63, 3.8) is 0 Å². The number of esters is 1. The molecular formula is C18H20ClNO4. The third-order valence-electron chi connectivity index (χ3n) is 4.47. The summed E-state index contributed by atoms with van der Waals surface area (Å²) in [6.45, 7) is 1.83. The second kappa shape index (κ2) is 7.26. The van der Waals surface area contributed by atoms with Crippen LogP contribution < -0.4 is 5.32 Å². The van der Waals surface area contributed by atoms with Crippen molar-refractivity contribution in [3.8, 4) is 0 Å². The van der Waals surface area contributed by atoms with Crippen molar-refractivity contribution >= 4 is 34.4 Å². The molecule has 1 amide bonds. The Labute approximate surface area is 145 Å². The number of benzene rings is 1. The normalized spacial score (nSPS) is 20.8. The molecule has 1 aromatic heterocycles. The predicted octanol–water partition coefficient (Wildman–Crippen LogP) is 3.94. The summed E-state index contributed by atoms with van der Waals surface area (Å²) in [6, 6.07) is 6.80. The van der Waals surface area contributed by atoms with Gasteiger partial charge in [-0.15, -0.1) is 0 Å². The molecule has 2 aromatic rings. The lowest BCUT2D eigenvalue weighted by Crippen LogP contribution is -2.42. The Morgan fingerprint density at radius 1 is 1.29 bits per heavy atom. The molecule has 2 atom stereocenters. The molecule has 2 unspecified atom stereocenters. The van der Waals surface area contributed by atoms with Crippen LogP contribution in [0.3, 0.4) is 0 Å². The van der Waals surface area contributed by atoms with Gasteiger partial charge in [-0.25, -0.2) is 4.79 Å². The summed E-state index contributed by atoms with van der Waals surface area (Å²) in [6.07, 6.45) is 4.42. The third kappa shape index (κ3) is 3.90. The molecule has 1 aliphatic carbocycles. The zero-order valence-corrected chi connectivity index (χ0v) is 14.3. The van der Waals surface area contributed by atoms with Crippen LogP contribution in [0.4, 0.5) is 0 Å². The molecule has 24 heavy (non-hydrogen) atoms. The maximum absolute atomic E-state index is 12.0. The number of rotatable bonds is 4.